The van der Waals surface area contributed by atoms with Gasteiger partial charge in [0.15, 0.2) is 0 Å². The van der Waals surface area contributed by atoms with E-state index in [2.05, 4.69) is 17.3 Å². The van der Waals surface area contributed by atoms with Crippen LogP contribution >= 0.6 is 0 Å². The molecule has 1 heterocycles. The summed E-state index contributed by atoms with van der Waals surface area (Å²) in [6.07, 6.45) is 0.966. The molecule has 0 bridgehead atoms. The number of carbonyl (C=O) groups excluding carboxylic acids is 1. The molecular formula is C14H20N2O. The molecule has 1 saturated heterocycles. The van der Waals surface area contributed by atoms with E-state index in [-0.39, 0.29) is 11.8 Å². The molecule has 1 unspecified atom stereocenters. The third-order valence-electron chi connectivity index (χ3n) is 3.49. The van der Waals surface area contributed by atoms with Crippen LogP contribution in [0.2, 0.25) is 0 Å². The summed E-state index contributed by atoms with van der Waals surface area (Å²) in [5.41, 5.74) is 3.24. The van der Waals surface area contributed by atoms with Crippen molar-refractivity contribution in [1.29, 1.82) is 0 Å². The van der Waals surface area contributed by atoms with E-state index in [1.165, 1.54) is 0 Å². The Bertz CT molecular complexity index is 408. The average Bonchev–Trinajstić information content (AvgIpc) is 2.70. The van der Waals surface area contributed by atoms with Crippen LogP contribution in [0.1, 0.15) is 17.5 Å². The van der Waals surface area contributed by atoms with Crippen molar-refractivity contribution < 1.29 is 4.79 Å². The van der Waals surface area contributed by atoms with E-state index in [1.807, 2.05) is 32.0 Å². The summed E-state index contributed by atoms with van der Waals surface area (Å²) >= 11 is 0. The molecule has 1 N–H and O–H groups in total. The van der Waals surface area contributed by atoms with E-state index >= 15 is 0 Å². The van der Waals surface area contributed by atoms with Crippen LogP contribution in [0.25, 0.3) is 0 Å². The minimum atomic E-state index is 0.138. The van der Waals surface area contributed by atoms with Crippen molar-refractivity contribution in [3.63, 3.8) is 0 Å². The van der Waals surface area contributed by atoms with E-state index in [1.54, 1.807) is 0 Å². The van der Waals surface area contributed by atoms with Crippen LogP contribution in [-0.4, -0.2) is 30.9 Å². The van der Waals surface area contributed by atoms with Crippen molar-refractivity contribution in [3.05, 3.63) is 29.3 Å². The summed E-state index contributed by atoms with van der Waals surface area (Å²) in [4.78, 5) is 14.3. The highest BCUT2D eigenvalue weighted by molar-refractivity contribution is 5.94. The van der Waals surface area contributed by atoms with Gasteiger partial charge in [0.1, 0.15) is 0 Å². The fourth-order valence-electron chi connectivity index (χ4n) is 2.39. The van der Waals surface area contributed by atoms with Crippen molar-refractivity contribution in [2.75, 3.05) is 25.5 Å². The van der Waals surface area contributed by atoms with Crippen molar-refractivity contribution in [2.24, 2.45) is 5.92 Å². The summed E-state index contributed by atoms with van der Waals surface area (Å²) in [7, 11) is 2.06. The molecule has 0 saturated carbocycles. The number of likely N-dealkylation sites (tertiary alicyclic amines) is 1. The van der Waals surface area contributed by atoms with Gasteiger partial charge in [0, 0.05) is 12.2 Å². The maximum absolute atomic E-state index is 12.1. The molecule has 1 aliphatic heterocycles. The van der Waals surface area contributed by atoms with E-state index in [0.29, 0.717) is 0 Å². The van der Waals surface area contributed by atoms with E-state index < -0.39 is 0 Å². The molecule has 0 aromatic heterocycles. The van der Waals surface area contributed by atoms with Crippen LogP contribution in [0, 0.1) is 19.8 Å². The number of carbonyl (C=O) groups is 1. The first-order chi connectivity index (χ1) is 8.08. The van der Waals surface area contributed by atoms with Gasteiger partial charge in [0.05, 0.1) is 5.92 Å². The van der Waals surface area contributed by atoms with Gasteiger partial charge in [-0.05, 0) is 45.0 Å². The second kappa shape index (κ2) is 4.88. The maximum Gasteiger partial charge on any atom is 0.228 e. The zero-order valence-corrected chi connectivity index (χ0v) is 10.8. The van der Waals surface area contributed by atoms with Crippen LogP contribution in [0.15, 0.2) is 18.2 Å². The lowest BCUT2D eigenvalue weighted by Gasteiger charge is -2.15. The first-order valence-corrected chi connectivity index (χ1v) is 6.13. The molecule has 1 aromatic carbocycles. The number of nitrogens with one attached hydrogen (secondary N) is 1. The van der Waals surface area contributed by atoms with E-state index in [4.69, 9.17) is 0 Å². The molecule has 17 heavy (non-hydrogen) atoms. The number of nitrogens with zero attached hydrogens (tertiary/aromatic N) is 1. The molecule has 1 fully saturated rings. The molecule has 92 valence electrons. The van der Waals surface area contributed by atoms with Gasteiger partial charge in [0.25, 0.3) is 0 Å². The Morgan fingerprint density at radius 2 is 2.00 bits per heavy atom. The summed E-state index contributed by atoms with van der Waals surface area (Å²) in [5, 5.41) is 3.08. The first kappa shape index (κ1) is 12.1. The normalized spacial score (nSPS) is 20.5. The summed E-state index contributed by atoms with van der Waals surface area (Å²) < 4.78 is 0. The molecule has 0 radical (unpaired) electrons. The molecule has 3 heteroatoms. The average molecular weight is 232 g/mol. The van der Waals surface area contributed by atoms with Crippen LogP contribution in [0.5, 0.6) is 0 Å². The van der Waals surface area contributed by atoms with Crippen molar-refractivity contribution >= 4 is 11.6 Å². The van der Waals surface area contributed by atoms with Gasteiger partial charge >= 0.3 is 0 Å². The molecule has 0 spiro atoms. The quantitative estimate of drug-likeness (QED) is 0.847. The lowest BCUT2D eigenvalue weighted by atomic mass is 10.1. The predicted molar refractivity (Wildman–Crippen MR) is 70.1 cm³/mol. The smallest absolute Gasteiger partial charge is 0.228 e. The van der Waals surface area contributed by atoms with Crippen LogP contribution in [0.3, 0.4) is 0 Å². The first-order valence-electron chi connectivity index (χ1n) is 6.13. The van der Waals surface area contributed by atoms with E-state index in [0.717, 1.165) is 36.3 Å². The van der Waals surface area contributed by atoms with E-state index in [9.17, 15) is 4.79 Å². The van der Waals surface area contributed by atoms with Gasteiger partial charge < -0.3 is 10.2 Å². The Balaban J connectivity index is 2.08. The highest BCUT2D eigenvalue weighted by Crippen LogP contribution is 2.22. The number of para-hydroxylation sites is 1. The fraction of sp³-hybridized carbons (Fsp3) is 0.500. The van der Waals surface area contributed by atoms with Gasteiger partial charge in [-0.1, -0.05) is 18.2 Å². The summed E-state index contributed by atoms with van der Waals surface area (Å²) in [6.45, 7) is 5.95. The summed E-state index contributed by atoms with van der Waals surface area (Å²) in [6, 6.07) is 6.08. The second-order valence-electron chi connectivity index (χ2n) is 5.00. The number of anilines is 1. The van der Waals surface area contributed by atoms with Crippen LogP contribution < -0.4 is 5.32 Å². The van der Waals surface area contributed by atoms with Gasteiger partial charge in [-0.15, -0.1) is 0 Å². The van der Waals surface area contributed by atoms with Crippen molar-refractivity contribution in [3.8, 4) is 0 Å². The number of aryl methyl sites for hydroxylation is 2. The number of benzene rings is 1. The molecule has 2 rings (SSSR count). The Morgan fingerprint density at radius 3 is 2.53 bits per heavy atom. The van der Waals surface area contributed by atoms with Crippen LogP contribution in [0.4, 0.5) is 5.69 Å². The molecule has 0 aliphatic carbocycles. The molecule has 1 aromatic rings. The molecular weight excluding hydrogens is 212 g/mol. The highest BCUT2D eigenvalue weighted by Gasteiger charge is 2.26. The Hall–Kier alpha value is -1.35. The third-order valence-corrected chi connectivity index (χ3v) is 3.49. The minimum Gasteiger partial charge on any atom is -0.325 e. The number of rotatable bonds is 2. The van der Waals surface area contributed by atoms with Gasteiger partial charge in [-0.3, -0.25) is 4.79 Å². The van der Waals surface area contributed by atoms with Gasteiger partial charge in [0.2, 0.25) is 5.91 Å². The fourth-order valence-corrected chi connectivity index (χ4v) is 2.39. The number of hydrogen-bond acceptors (Lipinski definition) is 2. The molecule has 1 amide bonds. The monoisotopic (exact) mass is 232 g/mol. The van der Waals surface area contributed by atoms with Gasteiger partial charge in [-0.2, -0.15) is 0 Å². The number of amides is 1. The van der Waals surface area contributed by atoms with Crippen molar-refractivity contribution in [2.45, 2.75) is 20.3 Å². The zero-order chi connectivity index (χ0) is 12.4. The van der Waals surface area contributed by atoms with Gasteiger partial charge in [-0.25, -0.2) is 0 Å². The Labute approximate surface area is 103 Å². The third kappa shape index (κ3) is 2.67. The van der Waals surface area contributed by atoms with Crippen molar-refractivity contribution in [1.82, 2.24) is 4.90 Å². The lowest BCUT2D eigenvalue weighted by Crippen LogP contribution is -2.26. The standard InChI is InChI=1S/C14H20N2O/c1-10-5-4-6-11(2)13(10)15-14(17)12-7-8-16(3)9-12/h4-6,12H,7-9H2,1-3H3,(H,15,17). The second-order valence-corrected chi connectivity index (χ2v) is 5.00. The minimum absolute atomic E-state index is 0.138. The SMILES string of the molecule is Cc1cccc(C)c1NC(=O)C1CCN(C)C1. The Morgan fingerprint density at radius 1 is 1.35 bits per heavy atom. The summed E-state index contributed by atoms with van der Waals surface area (Å²) in [5.74, 6) is 0.297. The maximum atomic E-state index is 12.1. The topological polar surface area (TPSA) is 32.3 Å². The Kier molecular flexibility index (Phi) is 3.48. The zero-order valence-electron chi connectivity index (χ0n) is 10.8. The predicted octanol–water partition coefficient (Wildman–Crippen LogP) is 2.19. The largest absolute Gasteiger partial charge is 0.325 e. The van der Waals surface area contributed by atoms with Crippen LogP contribution in [-0.2, 0) is 4.79 Å². The molecule has 3 nitrogen and oxygen atoms in total. The highest BCUT2D eigenvalue weighted by atomic mass is 16.1. The molecule has 1 atom stereocenters. The number of hydrogen-bond donors (Lipinski definition) is 1. The molecule has 1 aliphatic rings. The lowest BCUT2D eigenvalue weighted by molar-refractivity contribution is -0.119.